The van der Waals surface area contributed by atoms with E-state index in [1.165, 1.54) is 10.3 Å². The van der Waals surface area contributed by atoms with Crippen LogP contribution in [0.3, 0.4) is 0 Å². The van der Waals surface area contributed by atoms with Gasteiger partial charge in [0.2, 0.25) is 0 Å². The minimum absolute atomic E-state index is 0. The summed E-state index contributed by atoms with van der Waals surface area (Å²) in [5, 5.41) is 22.3. The van der Waals surface area contributed by atoms with E-state index < -0.39 is 6.10 Å². The van der Waals surface area contributed by atoms with Crippen molar-refractivity contribution in [3.05, 3.63) is 52.2 Å². The monoisotopic (exact) mass is 528 g/mol. The van der Waals surface area contributed by atoms with Gasteiger partial charge in [0.25, 0.3) is 0 Å². The Bertz CT molecular complexity index is 885. The van der Waals surface area contributed by atoms with E-state index in [0.717, 1.165) is 53.6 Å². The smallest absolute Gasteiger partial charge is 0.191 e. The number of rotatable bonds is 8. The number of hydrogen-bond donors (Lipinski definition) is 3. The molecule has 0 saturated carbocycles. The number of halogens is 1. The highest BCUT2D eigenvalue weighted by Crippen LogP contribution is 2.29. The van der Waals surface area contributed by atoms with E-state index in [4.69, 9.17) is 4.52 Å². The largest absolute Gasteiger partial charge is 0.386 e. The lowest BCUT2D eigenvalue weighted by Gasteiger charge is -2.12. The number of thiophene rings is 1. The van der Waals surface area contributed by atoms with Crippen LogP contribution in [0.4, 0.5) is 0 Å². The fraction of sp³-hybridized carbons (Fsp3) is 0.429. The van der Waals surface area contributed by atoms with Crippen LogP contribution in [0.5, 0.6) is 0 Å². The number of aliphatic hydroxyl groups excluding tert-OH is 1. The lowest BCUT2D eigenvalue weighted by molar-refractivity contribution is 0.191. The van der Waals surface area contributed by atoms with Crippen LogP contribution in [-0.4, -0.2) is 35.9 Å². The van der Waals surface area contributed by atoms with Crippen molar-refractivity contribution in [2.45, 2.75) is 39.7 Å². The first-order valence-electron chi connectivity index (χ1n) is 9.69. The zero-order chi connectivity index (χ0) is 19.9. The Kier molecular flexibility index (Phi) is 9.38. The quantitative estimate of drug-likeness (QED) is 0.175. The van der Waals surface area contributed by atoms with Gasteiger partial charge in [0.05, 0.1) is 12.2 Å². The third kappa shape index (κ3) is 6.42. The number of aryl methyl sites for hydroxylation is 2. The van der Waals surface area contributed by atoms with E-state index in [1.54, 1.807) is 11.3 Å². The Morgan fingerprint density at radius 2 is 2.07 bits per heavy atom. The maximum atomic E-state index is 10.5. The zero-order valence-electron chi connectivity index (χ0n) is 17.1. The number of hydrogen-bond acceptors (Lipinski definition) is 5. The molecule has 0 bridgehead atoms. The predicted octanol–water partition coefficient (Wildman–Crippen LogP) is 4.35. The third-order valence-electron chi connectivity index (χ3n) is 4.62. The van der Waals surface area contributed by atoms with Crippen LogP contribution in [0.15, 0.2) is 39.8 Å². The van der Waals surface area contributed by atoms with Gasteiger partial charge in [-0.15, -0.1) is 35.3 Å². The molecular weight excluding hydrogens is 499 g/mol. The first-order chi connectivity index (χ1) is 13.6. The van der Waals surface area contributed by atoms with Crippen molar-refractivity contribution in [3.8, 4) is 0 Å². The average Bonchev–Trinajstić information content (AvgIpc) is 3.26. The second-order valence-electron chi connectivity index (χ2n) is 6.76. The zero-order valence-corrected chi connectivity index (χ0v) is 20.2. The van der Waals surface area contributed by atoms with E-state index in [0.29, 0.717) is 6.54 Å². The SMILES string of the molecule is CCNC(=NCC(O)c1cc2ccccc2s1)NCCCc1c(C)noc1C.I. The third-order valence-corrected chi connectivity index (χ3v) is 5.83. The molecule has 0 spiro atoms. The Labute approximate surface area is 192 Å². The molecule has 1 unspecified atom stereocenters. The number of fused-ring (bicyclic) bond motifs is 1. The lowest BCUT2D eigenvalue weighted by atomic mass is 10.1. The van der Waals surface area contributed by atoms with Crippen LogP contribution >= 0.6 is 35.3 Å². The molecule has 0 radical (unpaired) electrons. The van der Waals surface area contributed by atoms with Crippen molar-refractivity contribution < 1.29 is 9.63 Å². The summed E-state index contributed by atoms with van der Waals surface area (Å²) in [5.41, 5.74) is 2.15. The van der Waals surface area contributed by atoms with Crippen LogP contribution in [0.2, 0.25) is 0 Å². The fourth-order valence-electron chi connectivity index (χ4n) is 3.11. The van der Waals surface area contributed by atoms with Gasteiger partial charge in [0.15, 0.2) is 5.96 Å². The Morgan fingerprint density at radius 1 is 1.28 bits per heavy atom. The summed E-state index contributed by atoms with van der Waals surface area (Å²) in [4.78, 5) is 5.49. The molecule has 2 aromatic heterocycles. The van der Waals surface area contributed by atoms with E-state index >= 15 is 0 Å². The van der Waals surface area contributed by atoms with Crippen LogP contribution in [-0.2, 0) is 6.42 Å². The number of aromatic nitrogens is 1. The van der Waals surface area contributed by atoms with Gasteiger partial charge in [0.1, 0.15) is 11.9 Å². The Morgan fingerprint density at radius 3 is 2.76 bits per heavy atom. The van der Waals surface area contributed by atoms with E-state index in [9.17, 15) is 5.11 Å². The minimum atomic E-state index is -0.602. The molecule has 8 heteroatoms. The highest BCUT2D eigenvalue weighted by atomic mass is 127. The molecule has 158 valence electrons. The van der Waals surface area contributed by atoms with Gasteiger partial charge < -0.3 is 20.3 Å². The molecule has 3 N–H and O–H groups in total. The summed E-state index contributed by atoms with van der Waals surface area (Å²) < 4.78 is 6.39. The van der Waals surface area contributed by atoms with Gasteiger partial charge in [-0.25, -0.2) is 0 Å². The molecule has 29 heavy (non-hydrogen) atoms. The highest BCUT2D eigenvalue weighted by Gasteiger charge is 2.12. The molecule has 0 aliphatic heterocycles. The molecule has 0 fully saturated rings. The van der Waals surface area contributed by atoms with E-state index in [2.05, 4.69) is 32.9 Å². The summed E-state index contributed by atoms with van der Waals surface area (Å²) in [6.07, 6.45) is 1.26. The number of guanidine groups is 1. The van der Waals surface area contributed by atoms with Gasteiger partial charge in [-0.05, 0) is 51.1 Å². The van der Waals surface area contributed by atoms with Crippen molar-refractivity contribution in [3.63, 3.8) is 0 Å². The first-order valence-corrected chi connectivity index (χ1v) is 10.5. The van der Waals surface area contributed by atoms with Crippen LogP contribution < -0.4 is 10.6 Å². The van der Waals surface area contributed by atoms with Gasteiger partial charge >= 0.3 is 0 Å². The number of benzene rings is 1. The number of nitrogens with one attached hydrogen (secondary N) is 2. The normalized spacial score (nSPS) is 12.6. The number of aliphatic hydroxyl groups is 1. The van der Waals surface area contributed by atoms with Gasteiger partial charge in [-0.1, -0.05) is 23.4 Å². The van der Waals surface area contributed by atoms with Crippen LogP contribution in [0, 0.1) is 13.8 Å². The number of nitrogens with zero attached hydrogens (tertiary/aromatic N) is 2. The van der Waals surface area contributed by atoms with Crippen molar-refractivity contribution in [1.82, 2.24) is 15.8 Å². The molecule has 6 nitrogen and oxygen atoms in total. The van der Waals surface area contributed by atoms with E-state index in [1.807, 2.05) is 39.0 Å². The summed E-state index contributed by atoms with van der Waals surface area (Å²) >= 11 is 1.62. The molecule has 1 aromatic carbocycles. The summed E-state index contributed by atoms with van der Waals surface area (Å²) in [5.74, 6) is 1.62. The second-order valence-corrected chi connectivity index (χ2v) is 7.87. The summed E-state index contributed by atoms with van der Waals surface area (Å²) in [6.45, 7) is 7.84. The van der Waals surface area contributed by atoms with Crippen molar-refractivity contribution in [2.75, 3.05) is 19.6 Å². The highest BCUT2D eigenvalue weighted by molar-refractivity contribution is 14.0. The van der Waals surface area contributed by atoms with E-state index in [-0.39, 0.29) is 24.0 Å². The fourth-order valence-corrected chi connectivity index (χ4v) is 4.15. The van der Waals surface area contributed by atoms with Crippen molar-refractivity contribution >= 4 is 51.4 Å². The van der Waals surface area contributed by atoms with Gasteiger partial charge in [-0.3, -0.25) is 4.99 Å². The molecule has 2 heterocycles. The maximum Gasteiger partial charge on any atom is 0.191 e. The van der Waals surface area contributed by atoms with Gasteiger partial charge in [0, 0.05) is 28.2 Å². The van der Waals surface area contributed by atoms with Crippen molar-refractivity contribution in [1.29, 1.82) is 0 Å². The Balaban J connectivity index is 0.00000300. The second kappa shape index (κ2) is 11.5. The van der Waals surface area contributed by atoms with Gasteiger partial charge in [-0.2, -0.15) is 0 Å². The molecule has 3 aromatic rings. The van der Waals surface area contributed by atoms with Crippen LogP contribution in [0.1, 0.15) is 41.3 Å². The summed E-state index contributed by atoms with van der Waals surface area (Å²) in [6, 6.07) is 10.2. The number of aliphatic imine (C=N–C) groups is 1. The molecule has 0 amide bonds. The first kappa shape index (κ1) is 23.6. The molecule has 3 rings (SSSR count). The topological polar surface area (TPSA) is 82.7 Å². The van der Waals surface area contributed by atoms with Crippen molar-refractivity contribution in [2.24, 2.45) is 4.99 Å². The molecule has 0 saturated heterocycles. The maximum absolute atomic E-state index is 10.5. The molecule has 1 atom stereocenters. The summed E-state index contributed by atoms with van der Waals surface area (Å²) in [7, 11) is 0. The Hall–Kier alpha value is -1.65. The minimum Gasteiger partial charge on any atom is -0.386 e. The molecular formula is C21H29IN4O2S. The standard InChI is InChI=1S/C21H28N4O2S.HI/c1-4-22-21(23-11-7-9-17-14(2)25-27-15(17)3)24-13-18(26)20-12-16-8-5-6-10-19(16)28-20;/h5-6,8,10,12,18,26H,4,7,9,11,13H2,1-3H3,(H2,22,23,24);1H. The molecule has 0 aliphatic carbocycles. The predicted molar refractivity (Wildman–Crippen MR) is 130 cm³/mol. The molecule has 0 aliphatic rings. The van der Waals surface area contributed by atoms with Crippen LogP contribution in [0.25, 0.3) is 10.1 Å². The lowest BCUT2D eigenvalue weighted by Crippen LogP contribution is -2.38. The average molecular weight is 528 g/mol.